The second-order valence-corrected chi connectivity index (χ2v) is 3.65. The van der Waals surface area contributed by atoms with Gasteiger partial charge in [0.15, 0.2) is 0 Å². The Kier molecular flexibility index (Phi) is 4.34. The highest BCUT2D eigenvalue weighted by atomic mass is 16.2. The molecule has 0 bridgehead atoms. The van der Waals surface area contributed by atoms with Crippen molar-refractivity contribution in [3.8, 4) is 0 Å². The first kappa shape index (κ1) is 12.7. The van der Waals surface area contributed by atoms with Crippen molar-refractivity contribution in [3.05, 3.63) is 11.1 Å². The van der Waals surface area contributed by atoms with E-state index >= 15 is 0 Å². The van der Waals surface area contributed by atoms with Gasteiger partial charge in [-0.05, 0) is 13.8 Å². The summed E-state index contributed by atoms with van der Waals surface area (Å²) in [6, 6.07) is 0. The van der Waals surface area contributed by atoms with E-state index in [4.69, 9.17) is 0 Å². The molecule has 0 saturated heterocycles. The topological polar surface area (TPSA) is 40.6 Å². The minimum absolute atomic E-state index is 0.127. The SMILES string of the molecule is C/C(C(=O)N(C)C)=C(\C)C(=O)N(C)C. The van der Waals surface area contributed by atoms with Crippen molar-refractivity contribution in [1.29, 1.82) is 0 Å². The number of carbonyl (C=O) groups is 2. The monoisotopic (exact) mass is 198 g/mol. The number of carbonyl (C=O) groups excluding carboxylic acids is 2. The van der Waals surface area contributed by atoms with Crippen LogP contribution in [-0.2, 0) is 9.59 Å². The van der Waals surface area contributed by atoms with Gasteiger partial charge in [0.2, 0.25) is 11.8 Å². The fraction of sp³-hybridized carbons (Fsp3) is 0.600. The molecule has 0 radical (unpaired) electrons. The Morgan fingerprint density at radius 2 is 0.929 bits per heavy atom. The second kappa shape index (κ2) is 4.79. The summed E-state index contributed by atoms with van der Waals surface area (Å²) in [6.45, 7) is 3.33. The zero-order valence-corrected chi connectivity index (χ0v) is 9.71. The van der Waals surface area contributed by atoms with E-state index in [0.717, 1.165) is 0 Å². The summed E-state index contributed by atoms with van der Waals surface area (Å²) in [4.78, 5) is 25.9. The predicted octanol–water partition coefficient (Wildman–Crippen LogP) is 0.499. The van der Waals surface area contributed by atoms with Gasteiger partial charge >= 0.3 is 0 Å². The summed E-state index contributed by atoms with van der Waals surface area (Å²) in [5, 5.41) is 0. The van der Waals surface area contributed by atoms with Crippen molar-refractivity contribution >= 4 is 11.8 Å². The van der Waals surface area contributed by atoms with E-state index in [0.29, 0.717) is 11.1 Å². The third kappa shape index (κ3) is 2.87. The average molecular weight is 198 g/mol. The summed E-state index contributed by atoms with van der Waals surface area (Å²) < 4.78 is 0. The van der Waals surface area contributed by atoms with Gasteiger partial charge in [0.05, 0.1) is 0 Å². The summed E-state index contributed by atoms with van der Waals surface area (Å²) in [5.41, 5.74) is 0.988. The van der Waals surface area contributed by atoms with E-state index in [1.807, 2.05) is 0 Å². The maximum Gasteiger partial charge on any atom is 0.249 e. The summed E-state index contributed by atoms with van der Waals surface area (Å²) in [6.07, 6.45) is 0. The molecule has 0 aliphatic rings. The van der Waals surface area contributed by atoms with Crippen LogP contribution in [0.5, 0.6) is 0 Å². The molecule has 0 aliphatic heterocycles. The van der Waals surface area contributed by atoms with Crippen molar-refractivity contribution in [2.45, 2.75) is 13.8 Å². The van der Waals surface area contributed by atoms with Gasteiger partial charge in [-0.2, -0.15) is 0 Å². The Bertz CT molecular complexity index is 250. The number of hydrogen-bond donors (Lipinski definition) is 0. The highest BCUT2D eigenvalue weighted by molar-refractivity contribution is 6.03. The Balaban J connectivity index is 4.94. The highest BCUT2D eigenvalue weighted by Crippen LogP contribution is 2.08. The first-order valence-corrected chi connectivity index (χ1v) is 4.39. The van der Waals surface area contributed by atoms with Crippen LogP contribution in [0, 0.1) is 0 Å². The van der Waals surface area contributed by atoms with E-state index in [2.05, 4.69) is 0 Å². The number of likely N-dealkylation sites (N-methyl/N-ethyl adjacent to an activating group) is 2. The van der Waals surface area contributed by atoms with E-state index in [-0.39, 0.29) is 11.8 Å². The molecule has 2 amide bonds. The van der Waals surface area contributed by atoms with Gasteiger partial charge in [-0.1, -0.05) is 0 Å². The zero-order chi connectivity index (χ0) is 11.5. The summed E-state index contributed by atoms with van der Waals surface area (Å²) in [7, 11) is 6.66. The van der Waals surface area contributed by atoms with Gasteiger partial charge in [0.1, 0.15) is 0 Å². The van der Waals surface area contributed by atoms with Crippen molar-refractivity contribution in [2.24, 2.45) is 0 Å². The van der Waals surface area contributed by atoms with Crippen molar-refractivity contribution in [2.75, 3.05) is 28.2 Å². The summed E-state index contributed by atoms with van der Waals surface area (Å²) in [5.74, 6) is -0.254. The minimum atomic E-state index is -0.127. The molecular weight excluding hydrogens is 180 g/mol. The molecule has 4 heteroatoms. The van der Waals surface area contributed by atoms with Crippen LogP contribution in [0.3, 0.4) is 0 Å². The van der Waals surface area contributed by atoms with Crippen LogP contribution in [0.25, 0.3) is 0 Å². The van der Waals surface area contributed by atoms with Crippen molar-refractivity contribution in [1.82, 2.24) is 9.80 Å². The van der Waals surface area contributed by atoms with Gasteiger partial charge < -0.3 is 9.80 Å². The molecule has 0 atom stereocenters. The first-order chi connectivity index (χ1) is 6.29. The van der Waals surface area contributed by atoms with Crippen LogP contribution < -0.4 is 0 Å². The average Bonchev–Trinajstić information content (AvgIpc) is 2.12. The van der Waals surface area contributed by atoms with Gasteiger partial charge in [0.25, 0.3) is 0 Å². The molecule has 4 nitrogen and oxygen atoms in total. The molecule has 0 saturated carbocycles. The number of hydrogen-bond acceptors (Lipinski definition) is 2. The van der Waals surface area contributed by atoms with Crippen LogP contribution >= 0.6 is 0 Å². The maximum absolute atomic E-state index is 11.5. The molecule has 0 rings (SSSR count). The molecule has 0 aromatic carbocycles. The van der Waals surface area contributed by atoms with Crippen LogP contribution in [0.2, 0.25) is 0 Å². The lowest BCUT2D eigenvalue weighted by Gasteiger charge is -2.15. The molecule has 0 heterocycles. The lowest BCUT2D eigenvalue weighted by Crippen LogP contribution is -2.28. The third-order valence-electron chi connectivity index (χ3n) is 2.02. The molecule has 80 valence electrons. The molecule has 0 aromatic heterocycles. The van der Waals surface area contributed by atoms with E-state index < -0.39 is 0 Å². The third-order valence-corrected chi connectivity index (χ3v) is 2.02. The Labute approximate surface area is 85.2 Å². The standard InChI is InChI=1S/C10H18N2O2/c1-7(9(13)11(3)4)8(2)10(14)12(5)6/h1-6H3/b8-7-. The molecule has 0 fully saturated rings. The molecule has 14 heavy (non-hydrogen) atoms. The first-order valence-electron chi connectivity index (χ1n) is 4.39. The Morgan fingerprint density at radius 3 is 1.07 bits per heavy atom. The van der Waals surface area contributed by atoms with Crippen LogP contribution in [0.4, 0.5) is 0 Å². The van der Waals surface area contributed by atoms with Crippen LogP contribution in [0.1, 0.15) is 13.8 Å². The lowest BCUT2D eigenvalue weighted by molar-refractivity contribution is -0.127. The van der Waals surface area contributed by atoms with Gasteiger partial charge in [-0.15, -0.1) is 0 Å². The Hall–Kier alpha value is -1.32. The van der Waals surface area contributed by atoms with Crippen LogP contribution in [0.15, 0.2) is 11.1 Å². The minimum Gasteiger partial charge on any atom is -0.345 e. The van der Waals surface area contributed by atoms with E-state index in [1.165, 1.54) is 9.80 Å². The van der Waals surface area contributed by atoms with Crippen LogP contribution in [-0.4, -0.2) is 49.8 Å². The fourth-order valence-corrected chi connectivity index (χ4v) is 0.992. The molecule has 0 unspecified atom stereocenters. The molecular formula is C10H18N2O2. The van der Waals surface area contributed by atoms with Crippen molar-refractivity contribution < 1.29 is 9.59 Å². The van der Waals surface area contributed by atoms with Gasteiger partial charge in [-0.25, -0.2) is 0 Å². The summed E-state index contributed by atoms with van der Waals surface area (Å²) >= 11 is 0. The molecule has 0 aliphatic carbocycles. The smallest absolute Gasteiger partial charge is 0.249 e. The van der Waals surface area contributed by atoms with E-state index in [1.54, 1.807) is 42.0 Å². The highest BCUT2D eigenvalue weighted by Gasteiger charge is 2.15. The van der Waals surface area contributed by atoms with Gasteiger partial charge in [-0.3, -0.25) is 9.59 Å². The molecule has 0 aromatic rings. The number of nitrogens with zero attached hydrogens (tertiary/aromatic N) is 2. The Morgan fingerprint density at radius 1 is 0.714 bits per heavy atom. The maximum atomic E-state index is 11.5. The number of rotatable bonds is 2. The van der Waals surface area contributed by atoms with Gasteiger partial charge in [0, 0.05) is 39.3 Å². The quantitative estimate of drug-likeness (QED) is 0.606. The molecule has 0 N–H and O–H groups in total. The normalized spacial score (nSPS) is 11.9. The van der Waals surface area contributed by atoms with Crippen molar-refractivity contribution in [3.63, 3.8) is 0 Å². The fourth-order valence-electron chi connectivity index (χ4n) is 0.992. The molecule has 0 spiro atoms. The van der Waals surface area contributed by atoms with E-state index in [9.17, 15) is 9.59 Å². The zero-order valence-electron chi connectivity index (χ0n) is 9.71. The lowest BCUT2D eigenvalue weighted by atomic mass is 10.1. The number of amides is 2. The second-order valence-electron chi connectivity index (χ2n) is 3.65. The largest absolute Gasteiger partial charge is 0.345 e. The predicted molar refractivity (Wildman–Crippen MR) is 55.8 cm³/mol.